The summed E-state index contributed by atoms with van der Waals surface area (Å²) in [6, 6.07) is 0. The van der Waals surface area contributed by atoms with E-state index in [0.29, 0.717) is 17.6 Å². The topological polar surface area (TPSA) is 78.1 Å². The predicted octanol–water partition coefficient (Wildman–Crippen LogP) is 2.32. The van der Waals surface area contributed by atoms with Crippen LogP contribution in [0.2, 0.25) is 0 Å². The zero-order valence-electron chi connectivity index (χ0n) is 11.8. The summed E-state index contributed by atoms with van der Waals surface area (Å²) in [4.78, 5) is 20.0. The molecule has 0 aliphatic rings. The van der Waals surface area contributed by atoms with Crippen molar-refractivity contribution in [1.82, 2.24) is 15.1 Å². The van der Waals surface area contributed by atoms with E-state index in [4.69, 9.17) is 9.26 Å². The number of carbonyl (C=O) groups excluding carboxylic acids is 1. The van der Waals surface area contributed by atoms with E-state index in [0.717, 1.165) is 17.1 Å². The third-order valence-electron chi connectivity index (χ3n) is 2.45. The summed E-state index contributed by atoms with van der Waals surface area (Å²) < 4.78 is 10.1. The Morgan fingerprint density at radius 1 is 1.45 bits per heavy atom. The molecule has 6 nitrogen and oxygen atoms in total. The van der Waals surface area contributed by atoms with Gasteiger partial charge in [0.05, 0.1) is 17.1 Å². The van der Waals surface area contributed by atoms with E-state index >= 15 is 0 Å². The van der Waals surface area contributed by atoms with Gasteiger partial charge in [-0.15, -0.1) is 11.3 Å². The molecule has 2 heterocycles. The molecule has 2 rings (SSSR count). The average Bonchev–Trinajstić information content (AvgIpc) is 2.96. The molecule has 0 unspecified atom stereocenters. The predicted molar refractivity (Wildman–Crippen MR) is 73.2 cm³/mol. The highest BCUT2D eigenvalue weighted by Crippen LogP contribution is 2.10. The molecule has 0 fully saturated rings. The van der Waals surface area contributed by atoms with Gasteiger partial charge in [0.15, 0.2) is 12.4 Å². The second-order valence-corrected chi connectivity index (χ2v) is 5.96. The summed E-state index contributed by atoms with van der Waals surface area (Å²) in [5, 5.41) is 6.62. The molecule has 7 heteroatoms. The van der Waals surface area contributed by atoms with E-state index in [1.54, 1.807) is 0 Å². The summed E-state index contributed by atoms with van der Waals surface area (Å²) in [7, 11) is 0. The minimum Gasteiger partial charge on any atom is -0.455 e. The molecule has 0 aromatic carbocycles. The molecule has 0 aliphatic heterocycles. The number of carbonyl (C=O) groups is 1. The minimum absolute atomic E-state index is 0.00699. The van der Waals surface area contributed by atoms with Crippen LogP contribution >= 0.6 is 11.3 Å². The lowest BCUT2D eigenvalue weighted by atomic mass is 10.1. The lowest BCUT2D eigenvalue weighted by Gasteiger charge is -1.99. The molecule has 0 spiro atoms. The average molecular weight is 295 g/mol. The van der Waals surface area contributed by atoms with Gasteiger partial charge in [0.1, 0.15) is 0 Å². The fourth-order valence-corrected chi connectivity index (χ4v) is 2.24. The quantitative estimate of drug-likeness (QED) is 0.761. The third-order valence-corrected chi connectivity index (χ3v) is 3.27. The zero-order chi connectivity index (χ0) is 14.5. The van der Waals surface area contributed by atoms with E-state index in [2.05, 4.69) is 29.0 Å². The first-order valence-corrected chi connectivity index (χ1v) is 7.29. The number of hydrogen-bond acceptors (Lipinski definition) is 7. The smallest absolute Gasteiger partial charge is 0.312 e. The zero-order valence-corrected chi connectivity index (χ0v) is 12.6. The van der Waals surface area contributed by atoms with Gasteiger partial charge in [-0.05, 0) is 12.8 Å². The summed E-state index contributed by atoms with van der Waals surface area (Å²) in [5.41, 5.74) is 0.725. The van der Waals surface area contributed by atoms with Crippen molar-refractivity contribution >= 4 is 17.3 Å². The summed E-state index contributed by atoms with van der Waals surface area (Å²) in [6.45, 7) is 6.05. The molecule has 20 heavy (non-hydrogen) atoms. The summed E-state index contributed by atoms with van der Waals surface area (Å²) in [6.07, 6.45) is 0.910. The minimum atomic E-state index is -0.348. The molecule has 0 saturated heterocycles. The van der Waals surface area contributed by atoms with Crippen LogP contribution in [0, 0.1) is 12.8 Å². The molecule has 108 valence electrons. The van der Waals surface area contributed by atoms with Crippen molar-refractivity contribution in [2.24, 2.45) is 5.92 Å². The Kier molecular flexibility index (Phi) is 4.84. The first-order valence-electron chi connectivity index (χ1n) is 6.41. The van der Waals surface area contributed by atoms with Crippen molar-refractivity contribution in [2.45, 2.75) is 40.2 Å². The number of ether oxygens (including phenoxy) is 1. The van der Waals surface area contributed by atoms with E-state index in [1.807, 2.05) is 12.3 Å². The van der Waals surface area contributed by atoms with Crippen molar-refractivity contribution in [3.05, 3.63) is 27.8 Å². The lowest BCUT2D eigenvalue weighted by Crippen LogP contribution is -2.08. The largest absolute Gasteiger partial charge is 0.455 e. The Balaban J connectivity index is 1.79. The van der Waals surface area contributed by atoms with Gasteiger partial charge in [0, 0.05) is 11.8 Å². The maximum absolute atomic E-state index is 11.6. The third kappa shape index (κ3) is 4.41. The Bertz CT molecular complexity index is 577. The SMILES string of the molecule is Cc1nc(CC(=O)OCc2nc(CC(C)C)no2)cs1. The Labute approximate surface area is 121 Å². The van der Waals surface area contributed by atoms with E-state index in [-0.39, 0.29) is 19.0 Å². The number of esters is 1. The van der Waals surface area contributed by atoms with Crippen molar-refractivity contribution in [1.29, 1.82) is 0 Å². The maximum Gasteiger partial charge on any atom is 0.312 e. The molecular formula is C13H17N3O3S. The van der Waals surface area contributed by atoms with Crippen LogP contribution in [0.4, 0.5) is 0 Å². The maximum atomic E-state index is 11.6. The lowest BCUT2D eigenvalue weighted by molar-refractivity contribution is -0.144. The van der Waals surface area contributed by atoms with Crippen molar-refractivity contribution in [3.8, 4) is 0 Å². The van der Waals surface area contributed by atoms with Gasteiger partial charge >= 0.3 is 5.97 Å². The van der Waals surface area contributed by atoms with Crippen LogP contribution < -0.4 is 0 Å². The number of aryl methyl sites for hydroxylation is 1. The van der Waals surface area contributed by atoms with Crippen molar-refractivity contribution < 1.29 is 14.1 Å². The first-order chi connectivity index (χ1) is 9.52. The van der Waals surface area contributed by atoms with Gasteiger partial charge < -0.3 is 9.26 Å². The Hall–Kier alpha value is -1.76. The number of hydrogen-bond donors (Lipinski definition) is 0. The van der Waals surface area contributed by atoms with E-state index < -0.39 is 0 Å². The van der Waals surface area contributed by atoms with E-state index in [1.165, 1.54) is 11.3 Å². The normalized spacial score (nSPS) is 11.0. The van der Waals surface area contributed by atoms with Gasteiger partial charge in [-0.2, -0.15) is 4.98 Å². The second kappa shape index (κ2) is 6.60. The Morgan fingerprint density at radius 2 is 2.25 bits per heavy atom. The molecule has 0 aliphatic carbocycles. The highest BCUT2D eigenvalue weighted by Gasteiger charge is 2.12. The first kappa shape index (κ1) is 14.6. The van der Waals surface area contributed by atoms with Crippen LogP contribution in [0.3, 0.4) is 0 Å². The molecular weight excluding hydrogens is 278 g/mol. The molecule has 0 atom stereocenters. The number of thiazole rings is 1. The number of rotatable bonds is 6. The molecule has 0 bridgehead atoms. The molecule has 2 aromatic heterocycles. The molecule has 0 radical (unpaired) electrons. The summed E-state index contributed by atoms with van der Waals surface area (Å²) >= 11 is 1.51. The van der Waals surface area contributed by atoms with Gasteiger partial charge in [-0.1, -0.05) is 19.0 Å². The fourth-order valence-electron chi connectivity index (χ4n) is 1.63. The van der Waals surface area contributed by atoms with Gasteiger partial charge in [-0.25, -0.2) is 4.98 Å². The number of nitrogens with zero attached hydrogens (tertiary/aromatic N) is 3. The highest BCUT2D eigenvalue weighted by atomic mass is 32.1. The fraction of sp³-hybridized carbons (Fsp3) is 0.538. The van der Waals surface area contributed by atoms with Gasteiger partial charge in [0.2, 0.25) is 0 Å². The standard InChI is InChI=1S/C13H17N3O3S/c1-8(2)4-11-15-12(19-16-11)6-18-13(17)5-10-7-20-9(3)14-10/h7-8H,4-6H2,1-3H3. The Morgan fingerprint density at radius 3 is 2.90 bits per heavy atom. The van der Waals surface area contributed by atoms with E-state index in [9.17, 15) is 4.79 Å². The van der Waals surface area contributed by atoms with Crippen LogP contribution in [-0.2, 0) is 29.0 Å². The highest BCUT2D eigenvalue weighted by molar-refractivity contribution is 7.09. The molecule has 0 saturated carbocycles. The van der Waals surface area contributed by atoms with Crippen molar-refractivity contribution in [3.63, 3.8) is 0 Å². The molecule has 2 aromatic rings. The monoisotopic (exact) mass is 295 g/mol. The van der Waals surface area contributed by atoms with Crippen LogP contribution in [0.5, 0.6) is 0 Å². The summed E-state index contributed by atoms with van der Waals surface area (Å²) in [5.74, 6) is 1.07. The van der Waals surface area contributed by atoms with Gasteiger partial charge in [-0.3, -0.25) is 4.79 Å². The van der Waals surface area contributed by atoms with Crippen LogP contribution in [-0.4, -0.2) is 21.1 Å². The molecule has 0 N–H and O–H groups in total. The number of aromatic nitrogens is 3. The second-order valence-electron chi connectivity index (χ2n) is 4.90. The molecule has 0 amide bonds. The van der Waals surface area contributed by atoms with Crippen LogP contribution in [0.25, 0.3) is 0 Å². The van der Waals surface area contributed by atoms with Crippen molar-refractivity contribution in [2.75, 3.05) is 0 Å². The van der Waals surface area contributed by atoms with Gasteiger partial charge in [0.25, 0.3) is 5.89 Å². The van der Waals surface area contributed by atoms with Crippen LogP contribution in [0.15, 0.2) is 9.90 Å². The van der Waals surface area contributed by atoms with Crippen LogP contribution in [0.1, 0.15) is 36.3 Å².